The van der Waals surface area contributed by atoms with E-state index in [0.29, 0.717) is 19.9 Å². The van der Waals surface area contributed by atoms with Crippen molar-refractivity contribution in [3.8, 4) is 5.69 Å². The summed E-state index contributed by atoms with van der Waals surface area (Å²) in [6, 6.07) is 10.0. The molecule has 2 heterocycles. The van der Waals surface area contributed by atoms with Crippen LogP contribution >= 0.6 is 11.5 Å². The Bertz CT molecular complexity index is 1700. The van der Waals surface area contributed by atoms with Gasteiger partial charge in [0.1, 0.15) is 5.69 Å². The van der Waals surface area contributed by atoms with E-state index in [0.717, 1.165) is 24.1 Å². The monoisotopic (exact) mass is 524 g/mol. The van der Waals surface area contributed by atoms with Gasteiger partial charge in [-0.3, -0.25) is 14.2 Å². The lowest BCUT2D eigenvalue weighted by atomic mass is 10.2. The molecule has 9 nitrogen and oxygen atoms in total. The zero-order chi connectivity index (χ0) is 25.7. The first-order chi connectivity index (χ1) is 16.3. The first-order valence-electron chi connectivity index (χ1n) is 9.73. The molecule has 0 unspecified atom stereocenters. The Labute approximate surface area is 199 Å². The summed E-state index contributed by atoms with van der Waals surface area (Å²) in [6.45, 7) is 1.77. The second-order valence-electron chi connectivity index (χ2n) is 7.50. The van der Waals surface area contributed by atoms with Crippen LogP contribution in [0.25, 0.3) is 15.8 Å². The maximum Gasteiger partial charge on any atom is 0.431 e. The lowest BCUT2D eigenvalue weighted by Crippen LogP contribution is -2.40. The van der Waals surface area contributed by atoms with Crippen LogP contribution in [0.1, 0.15) is 21.7 Å². The number of fused-ring (bicyclic) bond motifs is 1. The minimum atomic E-state index is -4.92. The van der Waals surface area contributed by atoms with E-state index in [9.17, 15) is 36.0 Å². The molecule has 4 aromatic rings. The summed E-state index contributed by atoms with van der Waals surface area (Å²) in [6.07, 6.45) is -4.92. The molecular formula is C21H15F3N4O5S2. The van der Waals surface area contributed by atoms with Gasteiger partial charge < -0.3 is 0 Å². The normalized spacial score (nSPS) is 12.1. The van der Waals surface area contributed by atoms with Gasteiger partial charge in [-0.1, -0.05) is 17.7 Å². The van der Waals surface area contributed by atoms with E-state index >= 15 is 0 Å². The molecule has 14 heteroatoms. The Hall–Kier alpha value is -3.78. The molecule has 1 N–H and O–H groups in total. The number of hydrogen-bond acceptors (Lipinski definition) is 7. The van der Waals surface area contributed by atoms with Gasteiger partial charge in [0.2, 0.25) is 0 Å². The van der Waals surface area contributed by atoms with Gasteiger partial charge in [0.25, 0.3) is 21.5 Å². The molecular weight excluding hydrogens is 509 g/mol. The SMILES string of the molecule is Cc1ccc(S(=O)(=O)NC(=O)c2nsc3ccc(-n4c(=O)cc(C(F)(F)F)n(C)c4=O)cc23)cc1. The van der Waals surface area contributed by atoms with Crippen molar-refractivity contribution in [2.45, 2.75) is 18.0 Å². The summed E-state index contributed by atoms with van der Waals surface area (Å²) in [5.74, 6) is -1.05. The highest BCUT2D eigenvalue weighted by molar-refractivity contribution is 7.90. The summed E-state index contributed by atoms with van der Waals surface area (Å²) in [5.41, 5.74) is -3.48. The molecule has 0 saturated carbocycles. The van der Waals surface area contributed by atoms with Crippen molar-refractivity contribution in [3.05, 3.63) is 86.3 Å². The quantitative estimate of drug-likeness (QED) is 0.438. The third-order valence-electron chi connectivity index (χ3n) is 5.10. The van der Waals surface area contributed by atoms with Crippen molar-refractivity contribution < 1.29 is 26.4 Å². The standard InChI is InChI=1S/C21H15F3N4O5S2/c1-11-3-6-13(7-4-11)35(32,33)26-19(30)18-14-9-12(5-8-15(14)34-25-18)28-17(29)10-16(21(22,23)24)27(2)20(28)31/h3-10H,1-2H3,(H,26,30). The van der Waals surface area contributed by atoms with E-state index in [1.807, 2.05) is 4.72 Å². The Morgan fingerprint density at radius 2 is 1.71 bits per heavy atom. The van der Waals surface area contributed by atoms with E-state index in [1.165, 1.54) is 30.3 Å². The van der Waals surface area contributed by atoms with Gasteiger partial charge in [-0.05, 0) is 48.8 Å². The number of amides is 1. The Kier molecular flexibility index (Phi) is 5.89. The van der Waals surface area contributed by atoms with Gasteiger partial charge in [0, 0.05) is 18.5 Å². The predicted molar refractivity (Wildman–Crippen MR) is 121 cm³/mol. The Morgan fingerprint density at radius 3 is 2.34 bits per heavy atom. The van der Waals surface area contributed by atoms with Crippen LogP contribution in [0.4, 0.5) is 13.2 Å². The van der Waals surface area contributed by atoms with E-state index in [-0.39, 0.29) is 21.7 Å². The highest BCUT2D eigenvalue weighted by Crippen LogP contribution is 2.28. The third-order valence-corrected chi connectivity index (χ3v) is 7.27. The number of benzene rings is 2. The summed E-state index contributed by atoms with van der Waals surface area (Å²) in [7, 11) is -3.35. The van der Waals surface area contributed by atoms with E-state index < -0.39 is 39.0 Å². The molecule has 0 aliphatic rings. The fraction of sp³-hybridized carbons (Fsp3) is 0.143. The maximum atomic E-state index is 13.1. The Morgan fingerprint density at radius 1 is 1.06 bits per heavy atom. The summed E-state index contributed by atoms with van der Waals surface area (Å²) in [5, 5.41) is 0.109. The fourth-order valence-corrected chi connectivity index (χ4v) is 5.02. The highest BCUT2D eigenvalue weighted by Gasteiger charge is 2.35. The zero-order valence-electron chi connectivity index (χ0n) is 18.0. The molecule has 0 radical (unpaired) electrons. The van der Waals surface area contributed by atoms with Crippen LogP contribution < -0.4 is 16.0 Å². The number of hydrogen-bond donors (Lipinski definition) is 1. The molecule has 4 rings (SSSR count). The topological polar surface area (TPSA) is 120 Å². The largest absolute Gasteiger partial charge is 0.431 e. The molecule has 0 fully saturated rings. The minimum Gasteiger partial charge on any atom is -0.292 e. The summed E-state index contributed by atoms with van der Waals surface area (Å²) >= 11 is 0.862. The first-order valence-corrected chi connectivity index (χ1v) is 12.0. The summed E-state index contributed by atoms with van der Waals surface area (Å²) < 4.78 is 71.6. The number of rotatable bonds is 4. The predicted octanol–water partition coefficient (Wildman–Crippen LogP) is 2.59. The van der Waals surface area contributed by atoms with Gasteiger partial charge in [0.05, 0.1) is 15.3 Å². The van der Waals surface area contributed by atoms with Crippen molar-refractivity contribution in [2.75, 3.05) is 0 Å². The number of carbonyl (C=O) groups is 1. The number of nitrogens with one attached hydrogen (secondary N) is 1. The van der Waals surface area contributed by atoms with Gasteiger partial charge in [-0.2, -0.15) is 17.5 Å². The van der Waals surface area contributed by atoms with Crippen LogP contribution in [0.5, 0.6) is 0 Å². The van der Waals surface area contributed by atoms with E-state index in [4.69, 9.17) is 0 Å². The average Bonchev–Trinajstić information content (AvgIpc) is 3.19. The molecule has 182 valence electrons. The van der Waals surface area contributed by atoms with Crippen molar-refractivity contribution in [2.24, 2.45) is 7.05 Å². The zero-order valence-corrected chi connectivity index (χ0v) is 19.6. The molecule has 2 aromatic heterocycles. The van der Waals surface area contributed by atoms with Crippen molar-refractivity contribution >= 4 is 37.5 Å². The lowest BCUT2D eigenvalue weighted by molar-refractivity contribution is -0.144. The number of aromatic nitrogens is 3. The van der Waals surface area contributed by atoms with Crippen molar-refractivity contribution in [1.29, 1.82) is 0 Å². The molecule has 0 aliphatic heterocycles. The molecule has 0 bridgehead atoms. The van der Waals surface area contributed by atoms with Crippen LogP contribution in [-0.2, 0) is 23.2 Å². The molecule has 0 atom stereocenters. The number of nitrogens with zero attached hydrogens (tertiary/aromatic N) is 3. The number of halogens is 3. The van der Waals surface area contributed by atoms with E-state index in [2.05, 4.69) is 4.37 Å². The number of carbonyl (C=O) groups excluding carboxylic acids is 1. The van der Waals surface area contributed by atoms with Gasteiger partial charge >= 0.3 is 11.9 Å². The highest BCUT2D eigenvalue weighted by atomic mass is 32.2. The fourth-order valence-electron chi connectivity index (χ4n) is 3.31. The molecule has 2 aromatic carbocycles. The number of alkyl halides is 3. The minimum absolute atomic E-state index is 0.109. The van der Waals surface area contributed by atoms with Gasteiger partial charge in [-0.25, -0.2) is 22.5 Å². The second-order valence-corrected chi connectivity index (χ2v) is 9.99. The Balaban J connectivity index is 1.77. The number of aryl methyl sites for hydroxylation is 1. The summed E-state index contributed by atoms with van der Waals surface area (Å²) in [4.78, 5) is 37.6. The van der Waals surface area contributed by atoms with Crippen LogP contribution in [0.3, 0.4) is 0 Å². The number of sulfonamides is 1. The maximum absolute atomic E-state index is 13.1. The second kappa shape index (κ2) is 8.46. The van der Waals surface area contributed by atoms with Gasteiger partial charge in [-0.15, -0.1) is 0 Å². The van der Waals surface area contributed by atoms with Crippen LogP contribution in [0.15, 0.2) is 63.0 Å². The van der Waals surface area contributed by atoms with Crippen molar-refractivity contribution in [3.63, 3.8) is 0 Å². The van der Waals surface area contributed by atoms with Crippen LogP contribution in [-0.4, -0.2) is 27.8 Å². The van der Waals surface area contributed by atoms with Crippen molar-refractivity contribution in [1.82, 2.24) is 18.2 Å². The molecule has 0 saturated heterocycles. The first kappa shape index (κ1) is 24.3. The van der Waals surface area contributed by atoms with E-state index in [1.54, 1.807) is 19.1 Å². The lowest BCUT2D eigenvalue weighted by Gasteiger charge is -2.14. The molecule has 0 aliphatic carbocycles. The van der Waals surface area contributed by atoms with Gasteiger partial charge in [0.15, 0.2) is 5.69 Å². The smallest absolute Gasteiger partial charge is 0.292 e. The molecule has 35 heavy (non-hydrogen) atoms. The molecule has 1 amide bonds. The average molecular weight is 525 g/mol. The van der Waals surface area contributed by atoms with Crippen LogP contribution in [0.2, 0.25) is 0 Å². The van der Waals surface area contributed by atoms with Crippen LogP contribution in [0, 0.1) is 6.92 Å². The third kappa shape index (κ3) is 4.49. The molecule has 0 spiro atoms.